The van der Waals surface area contributed by atoms with Gasteiger partial charge < -0.3 is 4.98 Å². The average Bonchev–Trinajstić information content (AvgIpc) is 2.93. The normalized spacial score (nSPS) is 11.6. The highest BCUT2D eigenvalue weighted by molar-refractivity contribution is 7.71. The van der Waals surface area contributed by atoms with E-state index in [9.17, 15) is 0 Å². The van der Waals surface area contributed by atoms with Crippen LogP contribution >= 0.6 is 12.2 Å². The first-order valence-corrected chi connectivity index (χ1v) is 5.91. The second-order valence-corrected chi connectivity index (χ2v) is 4.31. The molecule has 0 unspecified atom stereocenters. The Morgan fingerprint density at radius 1 is 1.39 bits per heavy atom. The fourth-order valence-electron chi connectivity index (χ4n) is 1.83. The third-order valence-electron chi connectivity index (χ3n) is 2.75. The van der Waals surface area contributed by atoms with Gasteiger partial charge >= 0.3 is 0 Å². The smallest absolute Gasteiger partial charge is 0.216 e. The molecule has 0 bridgehead atoms. The van der Waals surface area contributed by atoms with Crippen LogP contribution in [0.4, 0.5) is 0 Å². The van der Waals surface area contributed by atoms with Crippen LogP contribution in [0.25, 0.3) is 10.9 Å². The molecule has 0 aliphatic heterocycles. The van der Waals surface area contributed by atoms with E-state index >= 15 is 0 Å². The summed E-state index contributed by atoms with van der Waals surface area (Å²) in [6.45, 7) is 1.85. The molecule has 2 aromatic heterocycles. The summed E-state index contributed by atoms with van der Waals surface area (Å²) in [6, 6.07) is 8.08. The van der Waals surface area contributed by atoms with Crippen LogP contribution < -0.4 is 0 Å². The number of fused-ring (bicyclic) bond motifs is 1. The minimum Gasteiger partial charge on any atom is -0.361 e. The zero-order valence-electron chi connectivity index (χ0n) is 9.71. The average molecular weight is 257 g/mol. The van der Waals surface area contributed by atoms with Crippen molar-refractivity contribution in [2.75, 3.05) is 0 Å². The van der Waals surface area contributed by atoms with Crippen LogP contribution in [-0.2, 0) is 0 Å². The van der Waals surface area contributed by atoms with Crippen LogP contribution in [0.5, 0.6) is 0 Å². The molecule has 18 heavy (non-hydrogen) atoms. The fourth-order valence-corrected chi connectivity index (χ4v) is 2.05. The molecule has 0 radical (unpaired) electrons. The number of hydrogen-bond acceptors (Lipinski definition) is 3. The van der Waals surface area contributed by atoms with Gasteiger partial charge in [0, 0.05) is 22.7 Å². The van der Waals surface area contributed by atoms with Gasteiger partial charge in [-0.15, -0.1) is 0 Å². The Bertz CT molecular complexity index is 777. The van der Waals surface area contributed by atoms with E-state index < -0.39 is 0 Å². The third-order valence-corrected chi connectivity index (χ3v) is 3.01. The van der Waals surface area contributed by atoms with Crippen molar-refractivity contribution in [3.8, 4) is 0 Å². The molecule has 0 spiro atoms. The van der Waals surface area contributed by atoms with Gasteiger partial charge in [0.15, 0.2) is 0 Å². The summed E-state index contributed by atoms with van der Waals surface area (Å²) in [5.74, 6) is 0.732. The van der Waals surface area contributed by atoms with Crippen molar-refractivity contribution in [3.05, 3.63) is 46.6 Å². The van der Waals surface area contributed by atoms with Crippen molar-refractivity contribution in [2.24, 2.45) is 5.10 Å². The molecule has 2 N–H and O–H groups in total. The maximum absolute atomic E-state index is 5.09. The molecule has 3 aromatic rings. The van der Waals surface area contributed by atoms with Crippen LogP contribution in [0.15, 0.2) is 35.6 Å². The van der Waals surface area contributed by atoms with E-state index in [1.807, 2.05) is 31.3 Å². The summed E-state index contributed by atoms with van der Waals surface area (Å²) in [6.07, 6.45) is 3.70. The molecule has 0 aliphatic carbocycles. The fraction of sp³-hybridized carbons (Fsp3) is 0.0833. The summed E-state index contributed by atoms with van der Waals surface area (Å²) in [7, 11) is 0. The summed E-state index contributed by atoms with van der Waals surface area (Å²) in [4.78, 5) is 3.20. The highest BCUT2D eigenvalue weighted by Crippen LogP contribution is 2.15. The quantitative estimate of drug-likeness (QED) is 0.547. The van der Waals surface area contributed by atoms with Crippen LogP contribution in [-0.4, -0.2) is 26.1 Å². The predicted octanol–water partition coefficient (Wildman–Crippen LogP) is 2.61. The van der Waals surface area contributed by atoms with Crippen molar-refractivity contribution in [2.45, 2.75) is 6.92 Å². The van der Waals surface area contributed by atoms with E-state index in [-0.39, 0.29) is 0 Å². The molecule has 5 nitrogen and oxygen atoms in total. The lowest BCUT2D eigenvalue weighted by atomic mass is 10.2. The molecule has 1 aromatic carbocycles. The van der Waals surface area contributed by atoms with Gasteiger partial charge in [0.1, 0.15) is 5.82 Å². The molecule has 0 amide bonds. The first-order valence-electron chi connectivity index (χ1n) is 5.50. The van der Waals surface area contributed by atoms with Gasteiger partial charge in [-0.25, -0.2) is 0 Å². The Hall–Kier alpha value is -2.21. The minimum absolute atomic E-state index is 0.489. The topological polar surface area (TPSA) is 61.8 Å². The molecule has 0 saturated carbocycles. The van der Waals surface area contributed by atoms with Crippen LogP contribution in [0.3, 0.4) is 0 Å². The Morgan fingerprint density at radius 3 is 3.00 bits per heavy atom. The van der Waals surface area contributed by atoms with Crippen molar-refractivity contribution >= 4 is 29.3 Å². The van der Waals surface area contributed by atoms with Gasteiger partial charge in [0.25, 0.3) is 0 Å². The van der Waals surface area contributed by atoms with E-state index in [2.05, 4.69) is 26.3 Å². The lowest BCUT2D eigenvalue weighted by Crippen LogP contribution is -1.93. The minimum atomic E-state index is 0.489. The summed E-state index contributed by atoms with van der Waals surface area (Å²) >= 11 is 5.09. The number of benzene rings is 1. The number of aromatic nitrogens is 4. The van der Waals surface area contributed by atoms with Crippen molar-refractivity contribution in [1.29, 1.82) is 0 Å². The number of para-hydroxylation sites is 1. The first kappa shape index (κ1) is 10.9. The Labute approximate surface area is 108 Å². The summed E-state index contributed by atoms with van der Waals surface area (Å²) in [5, 5.41) is 12.2. The van der Waals surface area contributed by atoms with E-state index in [4.69, 9.17) is 12.2 Å². The number of aromatic amines is 2. The monoisotopic (exact) mass is 257 g/mol. The SMILES string of the molecule is Cc1n[nH]c(=S)n1N=Cc1c[nH]c2ccccc12. The van der Waals surface area contributed by atoms with Gasteiger partial charge in [0.2, 0.25) is 4.77 Å². The molecule has 2 heterocycles. The molecule has 0 atom stereocenters. The zero-order valence-corrected chi connectivity index (χ0v) is 10.5. The molecule has 6 heteroatoms. The highest BCUT2D eigenvalue weighted by atomic mass is 32.1. The van der Waals surface area contributed by atoms with Gasteiger partial charge in [-0.1, -0.05) is 18.2 Å². The van der Waals surface area contributed by atoms with Crippen molar-refractivity contribution in [1.82, 2.24) is 19.9 Å². The first-order chi connectivity index (χ1) is 8.75. The van der Waals surface area contributed by atoms with Crippen molar-refractivity contribution in [3.63, 3.8) is 0 Å². The highest BCUT2D eigenvalue weighted by Gasteiger charge is 2.01. The Balaban J connectivity index is 2.05. The summed E-state index contributed by atoms with van der Waals surface area (Å²) in [5.41, 5.74) is 2.11. The van der Waals surface area contributed by atoms with Crippen LogP contribution in [0.1, 0.15) is 11.4 Å². The van der Waals surface area contributed by atoms with Gasteiger partial charge in [-0.2, -0.15) is 14.9 Å². The van der Waals surface area contributed by atoms with Gasteiger partial charge in [-0.3, -0.25) is 5.10 Å². The van der Waals surface area contributed by atoms with Crippen molar-refractivity contribution < 1.29 is 0 Å². The largest absolute Gasteiger partial charge is 0.361 e. The van der Waals surface area contributed by atoms with Crippen LogP contribution in [0.2, 0.25) is 0 Å². The number of rotatable bonds is 2. The lowest BCUT2D eigenvalue weighted by Gasteiger charge is -1.94. The molecule has 0 fully saturated rings. The molecule has 0 aliphatic rings. The number of H-pyrrole nitrogens is 2. The number of nitrogens with one attached hydrogen (secondary N) is 2. The lowest BCUT2D eigenvalue weighted by molar-refractivity contribution is 0.821. The number of nitrogens with zero attached hydrogens (tertiary/aromatic N) is 3. The standard InChI is InChI=1S/C12H11N5S/c1-8-15-16-12(18)17(8)14-7-9-6-13-11-5-3-2-4-10(9)11/h2-7,13H,1H3,(H,16,18). The molecule has 3 rings (SSSR count). The maximum Gasteiger partial charge on any atom is 0.216 e. The van der Waals surface area contributed by atoms with E-state index in [0.29, 0.717) is 4.77 Å². The number of hydrogen-bond donors (Lipinski definition) is 2. The van der Waals surface area contributed by atoms with E-state index in [1.54, 1.807) is 10.9 Å². The predicted molar refractivity (Wildman–Crippen MR) is 73.4 cm³/mol. The van der Waals surface area contributed by atoms with Gasteiger partial charge in [0.05, 0.1) is 6.21 Å². The van der Waals surface area contributed by atoms with Gasteiger partial charge in [-0.05, 0) is 25.2 Å². The molecule has 0 saturated heterocycles. The molecular weight excluding hydrogens is 246 g/mol. The van der Waals surface area contributed by atoms with E-state index in [1.165, 1.54) is 0 Å². The molecular formula is C12H11N5S. The Morgan fingerprint density at radius 2 is 2.22 bits per heavy atom. The molecule has 90 valence electrons. The van der Waals surface area contributed by atoms with Crippen LogP contribution in [0, 0.1) is 11.7 Å². The second kappa shape index (κ2) is 4.23. The maximum atomic E-state index is 5.09. The Kier molecular flexibility index (Phi) is 2.56. The second-order valence-electron chi connectivity index (χ2n) is 3.92. The number of aryl methyl sites for hydroxylation is 1. The third kappa shape index (κ3) is 1.76. The zero-order chi connectivity index (χ0) is 12.5. The summed E-state index contributed by atoms with van der Waals surface area (Å²) < 4.78 is 2.08. The van der Waals surface area contributed by atoms with E-state index in [0.717, 1.165) is 22.3 Å².